The highest BCUT2D eigenvalue weighted by atomic mass is 16.3. The van der Waals surface area contributed by atoms with Crippen LogP contribution in [0.3, 0.4) is 0 Å². The molecule has 65 heavy (non-hydrogen) atoms. The van der Waals surface area contributed by atoms with Crippen molar-refractivity contribution in [3.63, 3.8) is 0 Å². The Morgan fingerprint density at radius 1 is 0.369 bits per heavy atom. The lowest BCUT2D eigenvalue weighted by Gasteiger charge is -2.21. The molecule has 306 valence electrons. The quantitative estimate of drug-likeness (QED) is 0.167. The fourth-order valence-electron chi connectivity index (χ4n) is 10.2. The lowest BCUT2D eigenvalue weighted by atomic mass is 9.82. The molecule has 1 aliphatic rings. The van der Waals surface area contributed by atoms with Crippen LogP contribution in [0.4, 0.5) is 0 Å². The second-order valence-electron chi connectivity index (χ2n) is 17.6. The smallest absolute Gasteiger partial charge is 0.164 e. The SMILES string of the molecule is CC1(C)c2ccccc2-c2cc3c(cc21)c1ccccc1n3-c1cccc2c1oc1cc(-c3ccc(-c4nc(-c5ccccc5)nc(-c5ccc(-c6ccccc6)cc5)n4)cc3)ccc12. The van der Waals surface area contributed by atoms with E-state index >= 15 is 0 Å². The molecule has 0 saturated heterocycles. The minimum absolute atomic E-state index is 0.0844. The van der Waals surface area contributed by atoms with Gasteiger partial charge in [0.25, 0.3) is 0 Å². The van der Waals surface area contributed by atoms with E-state index < -0.39 is 0 Å². The number of fused-ring (bicyclic) bond motifs is 9. The maximum atomic E-state index is 6.94. The van der Waals surface area contributed by atoms with Gasteiger partial charge in [0.15, 0.2) is 23.1 Å². The maximum absolute atomic E-state index is 6.94. The second-order valence-corrected chi connectivity index (χ2v) is 17.6. The zero-order valence-corrected chi connectivity index (χ0v) is 35.8. The number of benzene rings is 9. The van der Waals surface area contributed by atoms with Crippen LogP contribution in [0.25, 0.3) is 117 Å². The first-order valence-electron chi connectivity index (χ1n) is 22.2. The summed E-state index contributed by atoms with van der Waals surface area (Å²) in [7, 11) is 0. The highest BCUT2D eigenvalue weighted by molar-refractivity contribution is 6.14. The third kappa shape index (κ3) is 5.89. The predicted octanol–water partition coefficient (Wildman–Crippen LogP) is 15.5. The number of furan rings is 1. The molecule has 0 bridgehead atoms. The summed E-state index contributed by atoms with van der Waals surface area (Å²) in [6, 6.07) is 72.9. The van der Waals surface area contributed by atoms with Gasteiger partial charge in [0.2, 0.25) is 0 Å². The monoisotopic (exact) mass is 832 g/mol. The van der Waals surface area contributed by atoms with Crippen molar-refractivity contribution in [2.75, 3.05) is 0 Å². The first-order chi connectivity index (χ1) is 32.0. The van der Waals surface area contributed by atoms with Gasteiger partial charge in [-0.25, -0.2) is 15.0 Å². The van der Waals surface area contributed by atoms with E-state index in [-0.39, 0.29) is 5.41 Å². The van der Waals surface area contributed by atoms with Crippen LogP contribution < -0.4 is 0 Å². The topological polar surface area (TPSA) is 56.7 Å². The number of rotatable bonds is 6. The summed E-state index contributed by atoms with van der Waals surface area (Å²) in [5, 5.41) is 4.66. The normalized spacial score (nSPS) is 12.9. The van der Waals surface area contributed by atoms with Gasteiger partial charge in [-0.05, 0) is 80.9 Å². The number of hydrogen-bond donors (Lipinski definition) is 0. The molecule has 3 aromatic heterocycles. The number of aromatic nitrogens is 4. The van der Waals surface area contributed by atoms with Crippen LogP contribution in [0, 0.1) is 0 Å². The van der Waals surface area contributed by atoms with E-state index in [1.807, 2.05) is 36.4 Å². The fourth-order valence-corrected chi connectivity index (χ4v) is 10.2. The van der Waals surface area contributed by atoms with E-state index in [2.05, 4.69) is 188 Å². The third-order valence-corrected chi connectivity index (χ3v) is 13.5. The van der Waals surface area contributed by atoms with Crippen molar-refractivity contribution in [2.45, 2.75) is 19.3 Å². The largest absolute Gasteiger partial charge is 0.454 e. The van der Waals surface area contributed by atoms with Crippen molar-refractivity contribution in [1.29, 1.82) is 0 Å². The van der Waals surface area contributed by atoms with Crippen molar-refractivity contribution in [1.82, 2.24) is 19.5 Å². The van der Waals surface area contributed by atoms with Crippen LogP contribution in [-0.4, -0.2) is 19.5 Å². The molecular weight excluding hydrogens is 793 g/mol. The number of hydrogen-bond acceptors (Lipinski definition) is 4. The molecule has 5 heteroatoms. The maximum Gasteiger partial charge on any atom is 0.164 e. The summed E-state index contributed by atoms with van der Waals surface area (Å²) in [6.45, 7) is 4.69. The molecule has 0 aliphatic heterocycles. The van der Waals surface area contributed by atoms with E-state index in [1.165, 1.54) is 44.1 Å². The van der Waals surface area contributed by atoms with Crippen LogP contribution in [0.2, 0.25) is 0 Å². The zero-order valence-electron chi connectivity index (χ0n) is 35.8. The molecule has 9 aromatic carbocycles. The molecule has 0 amide bonds. The molecule has 3 heterocycles. The first-order valence-corrected chi connectivity index (χ1v) is 22.2. The standard InChI is InChI=1S/C60H40N4O/c1-60(2)50-21-11-9-18-44(50)48-36-54-49(35-51(48)60)45-19-10-12-22-52(45)64(54)53-23-13-20-47-46-33-32-43(34-55(46)65-56(47)53)39-26-30-42(31-27-39)59-62-57(40-16-7-4-8-17-40)61-58(63-59)41-28-24-38(25-29-41)37-14-5-3-6-15-37/h3-36H,1-2H3. The van der Waals surface area contributed by atoms with Gasteiger partial charge in [-0.3, -0.25) is 0 Å². The Hall–Kier alpha value is -8.41. The van der Waals surface area contributed by atoms with Crippen LogP contribution in [-0.2, 0) is 5.41 Å². The van der Waals surface area contributed by atoms with E-state index in [0.717, 1.165) is 66.5 Å². The van der Waals surface area contributed by atoms with Gasteiger partial charge in [0, 0.05) is 43.7 Å². The molecule has 13 rings (SSSR count). The molecular formula is C60H40N4O. The van der Waals surface area contributed by atoms with E-state index in [4.69, 9.17) is 19.4 Å². The lowest BCUT2D eigenvalue weighted by molar-refractivity contribution is 0.661. The second kappa shape index (κ2) is 14.3. The fraction of sp³-hybridized carbons (Fsp3) is 0.0500. The Kier molecular flexibility index (Phi) is 8.18. The van der Waals surface area contributed by atoms with Gasteiger partial charge < -0.3 is 8.98 Å². The Labute approximate surface area is 376 Å². The van der Waals surface area contributed by atoms with Crippen molar-refractivity contribution in [3.05, 3.63) is 217 Å². The lowest BCUT2D eigenvalue weighted by Crippen LogP contribution is -2.14. The van der Waals surface area contributed by atoms with Crippen LogP contribution >= 0.6 is 0 Å². The Balaban J connectivity index is 0.884. The molecule has 0 N–H and O–H groups in total. The van der Waals surface area contributed by atoms with E-state index in [0.29, 0.717) is 17.5 Å². The summed E-state index contributed by atoms with van der Waals surface area (Å²) in [5.74, 6) is 1.89. The number of nitrogens with zero attached hydrogens (tertiary/aromatic N) is 4. The molecule has 1 aliphatic carbocycles. The van der Waals surface area contributed by atoms with Gasteiger partial charge >= 0.3 is 0 Å². The van der Waals surface area contributed by atoms with E-state index in [9.17, 15) is 0 Å². The van der Waals surface area contributed by atoms with Gasteiger partial charge in [0.1, 0.15) is 5.58 Å². The van der Waals surface area contributed by atoms with Crippen LogP contribution in [0.1, 0.15) is 25.0 Å². The average Bonchev–Trinajstić information content (AvgIpc) is 3.98. The molecule has 12 aromatic rings. The van der Waals surface area contributed by atoms with E-state index in [1.54, 1.807) is 0 Å². The molecule has 0 unspecified atom stereocenters. The Bertz CT molecular complexity index is 3830. The molecule has 5 nitrogen and oxygen atoms in total. The first kappa shape index (κ1) is 37.2. The molecule has 0 radical (unpaired) electrons. The van der Waals surface area contributed by atoms with Gasteiger partial charge in [-0.1, -0.05) is 184 Å². The van der Waals surface area contributed by atoms with Crippen LogP contribution in [0.5, 0.6) is 0 Å². The van der Waals surface area contributed by atoms with Crippen molar-refractivity contribution < 1.29 is 4.42 Å². The average molecular weight is 833 g/mol. The minimum Gasteiger partial charge on any atom is -0.454 e. The molecule has 0 atom stereocenters. The van der Waals surface area contributed by atoms with Gasteiger partial charge in [-0.15, -0.1) is 0 Å². The van der Waals surface area contributed by atoms with Crippen molar-refractivity contribution in [2.24, 2.45) is 0 Å². The summed E-state index contributed by atoms with van der Waals surface area (Å²) >= 11 is 0. The predicted molar refractivity (Wildman–Crippen MR) is 266 cm³/mol. The summed E-state index contributed by atoms with van der Waals surface area (Å²) in [6.07, 6.45) is 0. The summed E-state index contributed by atoms with van der Waals surface area (Å²) < 4.78 is 9.34. The van der Waals surface area contributed by atoms with Crippen LogP contribution in [0.15, 0.2) is 211 Å². The highest BCUT2D eigenvalue weighted by Crippen LogP contribution is 2.51. The summed E-state index contributed by atoms with van der Waals surface area (Å²) in [4.78, 5) is 15.0. The molecule has 0 spiro atoms. The van der Waals surface area contributed by atoms with Gasteiger partial charge in [-0.2, -0.15) is 0 Å². The zero-order chi connectivity index (χ0) is 43.2. The van der Waals surface area contributed by atoms with Crippen molar-refractivity contribution >= 4 is 43.7 Å². The highest BCUT2D eigenvalue weighted by Gasteiger charge is 2.36. The number of para-hydroxylation sites is 2. The molecule has 0 fully saturated rings. The van der Waals surface area contributed by atoms with Gasteiger partial charge in [0.05, 0.1) is 16.7 Å². The molecule has 0 saturated carbocycles. The Morgan fingerprint density at radius 3 is 1.62 bits per heavy atom. The third-order valence-electron chi connectivity index (χ3n) is 13.5. The van der Waals surface area contributed by atoms with Crippen molar-refractivity contribution in [3.8, 4) is 73.2 Å². The Morgan fingerprint density at radius 2 is 0.908 bits per heavy atom. The minimum atomic E-state index is -0.0844. The summed E-state index contributed by atoms with van der Waals surface area (Å²) in [5.41, 5.74) is 17.6.